The molecule has 0 aliphatic carbocycles. The van der Waals surface area contributed by atoms with E-state index in [4.69, 9.17) is 9.31 Å². The highest BCUT2D eigenvalue weighted by Gasteiger charge is 2.53. The second-order valence-electron chi connectivity index (χ2n) is 6.17. The molecule has 0 atom stereocenters. The minimum atomic E-state index is -0.649. The number of fused-ring (bicyclic) bond motifs is 1. The monoisotopic (exact) mass is 271 g/mol. The molecule has 3 rings (SSSR count). The lowest BCUT2D eigenvalue weighted by Crippen LogP contribution is -2.41. The second-order valence-corrected chi connectivity index (χ2v) is 6.17. The topological polar surface area (TPSA) is 51.6 Å². The van der Waals surface area contributed by atoms with Crippen LogP contribution in [0, 0.1) is 0 Å². The molecule has 4 nitrogen and oxygen atoms in total. The van der Waals surface area contributed by atoms with Crippen LogP contribution in [0.1, 0.15) is 27.7 Å². The van der Waals surface area contributed by atoms with Crippen LogP contribution in [0.15, 0.2) is 30.5 Å². The third-order valence-corrected chi connectivity index (χ3v) is 4.28. The zero-order valence-corrected chi connectivity index (χ0v) is 12.2. The minimum Gasteiger partial charge on any atom is -0.506 e. The first-order valence-electron chi connectivity index (χ1n) is 6.74. The normalized spacial score (nSPS) is 20.5. The average molecular weight is 271 g/mol. The zero-order chi connectivity index (χ0) is 14.5. The van der Waals surface area contributed by atoms with E-state index in [1.54, 1.807) is 6.20 Å². The van der Waals surface area contributed by atoms with Crippen LogP contribution in [-0.2, 0) is 9.31 Å². The minimum absolute atomic E-state index is 0.126. The fourth-order valence-corrected chi connectivity index (χ4v) is 2.29. The van der Waals surface area contributed by atoms with Crippen LogP contribution < -0.4 is 5.59 Å². The van der Waals surface area contributed by atoms with Gasteiger partial charge < -0.3 is 14.4 Å². The molecule has 1 aliphatic rings. The molecule has 104 valence electrons. The number of hydrogen-bond acceptors (Lipinski definition) is 4. The van der Waals surface area contributed by atoms with Crippen LogP contribution >= 0.6 is 0 Å². The van der Waals surface area contributed by atoms with Crippen LogP contribution in [0.4, 0.5) is 0 Å². The summed E-state index contributed by atoms with van der Waals surface area (Å²) in [7, 11) is -0.649. The van der Waals surface area contributed by atoms with Crippen molar-refractivity contribution < 1.29 is 14.4 Å². The lowest BCUT2D eigenvalue weighted by Gasteiger charge is -2.32. The molecule has 1 N–H and O–H groups in total. The van der Waals surface area contributed by atoms with Gasteiger partial charge in [0.2, 0.25) is 0 Å². The van der Waals surface area contributed by atoms with E-state index in [9.17, 15) is 5.11 Å². The highest BCUT2D eigenvalue weighted by atomic mass is 16.7. The van der Waals surface area contributed by atoms with Crippen molar-refractivity contribution in [2.75, 3.05) is 0 Å². The van der Waals surface area contributed by atoms with Crippen LogP contribution in [0.25, 0.3) is 10.8 Å². The van der Waals surface area contributed by atoms with Crippen molar-refractivity contribution in [3.8, 4) is 5.75 Å². The number of hydrogen-bond donors (Lipinski definition) is 1. The Morgan fingerprint density at radius 1 is 1.05 bits per heavy atom. The fourth-order valence-electron chi connectivity index (χ4n) is 2.29. The molecule has 1 fully saturated rings. The third-order valence-electron chi connectivity index (χ3n) is 4.28. The molecule has 0 radical (unpaired) electrons. The molecule has 1 aliphatic heterocycles. The SMILES string of the molecule is CC1(C)OB(c2ncc3ccccc3c2O)OC1(C)C. The molecular formula is C15H18BNO3. The molecule has 20 heavy (non-hydrogen) atoms. The fraction of sp³-hybridized carbons (Fsp3) is 0.400. The van der Waals surface area contributed by atoms with E-state index in [-0.39, 0.29) is 5.75 Å². The van der Waals surface area contributed by atoms with Crippen molar-refractivity contribution in [3.05, 3.63) is 30.5 Å². The summed E-state index contributed by atoms with van der Waals surface area (Å²) in [5.74, 6) is 0.126. The van der Waals surface area contributed by atoms with Gasteiger partial charge in [-0.15, -0.1) is 0 Å². The maximum Gasteiger partial charge on any atom is 0.518 e. The van der Waals surface area contributed by atoms with Gasteiger partial charge in [0.05, 0.1) is 11.2 Å². The molecule has 0 bridgehead atoms. The Bertz CT molecular complexity index is 653. The van der Waals surface area contributed by atoms with E-state index < -0.39 is 18.3 Å². The first-order chi connectivity index (χ1) is 9.32. The molecule has 2 heterocycles. The smallest absolute Gasteiger partial charge is 0.506 e. The molecule has 0 amide bonds. The van der Waals surface area contributed by atoms with E-state index in [2.05, 4.69) is 4.98 Å². The molecule has 5 heteroatoms. The average Bonchev–Trinajstić information content (AvgIpc) is 2.59. The number of aromatic hydroxyl groups is 1. The summed E-state index contributed by atoms with van der Waals surface area (Å²) in [6.07, 6.45) is 1.73. The Kier molecular flexibility index (Phi) is 2.82. The van der Waals surface area contributed by atoms with E-state index in [1.807, 2.05) is 52.0 Å². The van der Waals surface area contributed by atoms with Crippen molar-refractivity contribution in [3.63, 3.8) is 0 Å². The standard InChI is InChI=1S/C15H18BNO3/c1-14(2)15(3,4)20-16(19-14)13-12(18)11-8-6-5-7-10(11)9-17-13/h5-9,18H,1-4H3. The van der Waals surface area contributed by atoms with Gasteiger partial charge >= 0.3 is 7.12 Å². The lowest BCUT2D eigenvalue weighted by atomic mass is 9.82. The third kappa shape index (κ3) is 1.89. The first-order valence-corrected chi connectivity index (χ1v) is 6.74. The summed E-state index contributed by atoms with van der Waals surface area (Å²) < 4.78 is 11.9. The van der Waals surface area contributed by atoms with E-state index in [0.717, 1.165) is 10.8 Å². The summed E-state index contributed by atoms with van der Waals surface area (Å²) in [4.78, 5) is 4.32. The predicted molar refractivity (Wildman–Crippen MR) is 79.1 cm³/mol. The van der Waals surface area contributed by atoms with Crippen molar-refractivity contribution in [2.24, 2.45) is 0 Å². The van der Waals surface area contributed by atoms with Crippen molar-refractivity contribution >= 4 is 23.5 Å². The summed E-state index contributed by atoms with van der Waals surface area (Å²) in [5, 5.41) is 12.1. The molecule has 0 spiro atoms. The first kappa shape index (κ1) is 13.4. The van der Waals surface area contributed by atoms with Gasteiger partial charge in [0.1, 0.15) is 11.3 Å². The van der Waals surface area contributed by atoms with Gasteiger partial charge in [-0.05, 0) is 27.7 Å². The molecule has 1 saturated heterocycles. The highest BCUT2D eigenvalue weighted by Crippen LogP contribution is 2.37. The van der Waals surface area contributed by atoms with Gasteiger partial charge in [-0.2, -0.15) is 0 Å². The van der Waals surface area contributed by atoms with Gasteiger partial charge in [-0.1, -0.05) is 24.3 Å². The predicted octanol–water partition coefficient (Wildman–Crippen LogP) is 2.24. The number of nitrogens with zero attached hydrogens (tertiary/aromatic N) is 1. The summed E-state index contributed by atoms with van der Waals surface area (Å²) in [5.41, 5.74) is -0.461. The molecular weight excluding hydrogens is 253 g/mol. The lowest BCUT2D eigenvalue weighted by molar-refractivity contribution is 0.00578. The Balaban J connectivity index is 2.06. The maximum absolute atomic E-state index is 10.4. The van der Waals surface area contributed by atoms with E-state index in [0.29, 0.717) is 5.59 Å². The Morgan fingerprint density at radius 3 is 2.30 bits per heavy atom. The van der Waals surface area contributed by atoms with Gasteiger partial charge in [0, 0.05) is 17.0 Å². The summed E-state index contributed by atoms with van der Waals surface area (Å²) in [6.45, 7) is 7.91. The molecule has 2 aromatic rings. The maximum atomic E-state index is 10.4. The van der Waals surface area contributed by atoms with Crippen LogP contribution in [0.3, 0.4) is 0 Å². The van der Waals surface area contributed by atoms with Crippen LogP contribution in [-0.4, -0.2) is 28.4 Å². The largest absolute Gasteiger partial charge is 0.518 e. The van der Waals surface area contributed by atoms with Gasteiger partial charge in [0.25, 0.3) is 0 Å². The number of rotatable bonds is 1. The molecule has 0 saturated carbocycles. The summed E-state index contributed by atoms with van der Waals surface area (Å²) >= 11 is 0. The number of aromatic nitrogens is 1. The Hall–Kier alpha value is -1.59. The second kappa shape index (κ2) is 4.20. The Labute approximate surface area is 118 Å². The van der Waals surface area contributed by atoms with Gasteiger partial charge in [-0.25, -0.2) is 0 Å². The number of benzene rings is 1. The van der Waals surface area contributed by atoms with Crippen molar-refractivity contribution in [1.29, 1.82) is 0 Å². The molecule has 1 aromatic carbocycles. The van der Waals surface area contributed by atoms with Crippen molar-refractivity contribution in [1.82, 2.24) is 4.98 Å². The molecule has 0 unspecified atom stereocenters. The van der Waals surface area contributed by atoms with Gasteiger partial charge in [-0.3, -0.25) is 4.98 Å². The summed E-state index contributed by atoms with van der Waals surface area (Å²) in [6, 6.07) is 7.57. The highest BCUT2D eigenvalue weighted by molar-refractivity contribution is 6.62. The molecule has 1 aromatic heterocycles. The Morgan fingerprint density at radius 2 is 1.65 bits per heavy atom. The van der Waals surface area contributed by atoms with Gasteiger partial charge in [0.15, 0.2) is 0 Å². The van der Waals surface area contributed by atoms with Crippen LogP contribution in [0.2, 0.25) is 0 Å². The van der Waals surface area contributed by atoms with Crippen LogP contribution in [0.5, 0.6) is 5.75 Å². The zero-order valence-electron chi connectivity index (χ0n) is 12.2. The number of pyridine rings is 1. The van der Waals surface area contributed by atoms with Crippen molar-refractivity contribution in [2.45, 2.75) is 38.9 Å². The quantitative estimate of drug-likeness (QED) is 0.808. The van der Waals surface area contributed by atoms with E-state index >= 15 is 0 Å². The van der Waals surface area contributed by atoms with E-state index in [1.165, 1.54) is 0 Å².